The third-order valence-corrected chi connectivity index (χ3v) is 12.1. The van der Waals surface area contributed by atoms with Crippen LogP contribution < -0.4 is 15.0 Å². The molecule has 4 aliphatic rings. The molecule has 4 fully saturated rings. The number of benzene rings is 2. The van der Waals surface area contributed by atoms with Gasteiger partial charge in [0.05, 0.1) is 38.4 Å². The van der Waals surface area contributed by atoms with E-state index in [1.807, 2.05) is 4.90 Å². The van der Waals surface area contributed by atoms with E-state index in [0.717, 1.165) is 36.8 Å². The van der Waals surface area contributed by atoms with Crippen molar-refractivity contribution in [3.05, 3.63) is 34.6 Å². The molecule has 18 heteroatoms. The Morgan fingerprint density at radius 3 is 2.56 bits per heavy atom. The van der Waals surface area contributed by atoms with Crippen molar-refractivity contribution < 1.29 is 41.7 Å². The molecule has 288 valence electrons. The number of piperazine rings is 1. The summed E-state index contributed by atoms with van der Waals surface area (Å²) < 4.78 is 71.8. The fraction of sp³-hybridized carbons (Fsp3) is 0.528. The lowest BCUT2D eigenvalue weighted by Gasteiger charge is -2.40. The Labute approximate surface area is 316 Å². The van der Waals surface area contributed by atoms with E-state index < -0.39 is 47.3 Å². The minimum Gasteiger partial charge on any atom is -0.465 e. The van der Waals surface area contributed by atoms with Crippen LogP contribution in [0.3, 0.4) is 0 Å². The Hall–Kier alpha value is -4.22. The van der Waals surface area contributed by atoms with E-state index in [4.69, 9.17) is 26.1 Å². The van der Waals surface area contributed by atoms with Crippen molar-refractivity contribution in [1.82, 2.24) is 24.8 Å². The third-order valence-electron chi connectivity index (χ3n) is 10.8. The van der Waals surface area contributed by atoms with Gasteiger partial charge in [-0.1, -0.05) is 22.9 Å². The number of alkyl halides is 3. The second-order valence-corrected chi connectivity index (χ2v) is 16.8. The first-order chi connectivity index (χ1) is 25.6. The number of nitrogens with one attached hydrogen (secondary N) is 1. The fourth-order valence-electron chi connectivity index (χ4n) is 8.62. The summed E-state index contributed by atoms with van der Waals surface area (Å²) in [5.41, 5.74) is -1.82. The Morgan fingerprint density at radius 2 is 1.87 bits per heavy atom. The Morgan fingerprint density at radius 1 is 1.13 bits per heavy atom. The summed E-state index contributed by atoms with van der Waals surface area (Å²) in [5, 5.41) is 12.4. The zero-order chi connectivity index (χ0) is 38.3. The van der Waals surface area contributed by atoms with E-state index in [1.54, 1.807) is 20.8 Å². The molecule has 0 aliphatic carbocycles. The zero-order valence-corrected chi connectivity index (χ0v) is 31.2. The number of anilines is 2. The zero-order valence-electron chi connectivity index (χ0n) is 29.7. The lowest BCUT2D eigenvalue weighted by Crippen LogP contribution is -2.55. The minimum atomic E-state index is -3.06. The molecule has 4 aromatic rings. The summed E-state index contributed by atoms with van der Waals surface area (Å²) in [7, 11) is 0. The van der Waals surface area contributed by atoms with Gasteiger partial charge < -0.3 is 19.5 Å². The van der Waals surface area contributed by atoms with E-state index in [2.05, 4.69) is 20.2 Å². The van der Waals surface area contributed by atoms with Gasteiger partial charge in [-0.15, -0.1) is 0 Å². The number of ether oxygens (including phenoxy) is 2. The molecule has 4 saturated heterocycles. The number of hydrogen-bond acceptors (Lipinski definition) is 10. The molecule has 2 N–H and O–H groups in total. The number of carbonyl (C=O) groups excluding carboxylic acids is 1. The fourth-order valence-corrected chi connectivity index (χ4v) is 9.86. The largest absolute Gasteiger partial charge is 0.465 e. The van der Waals surface area contributed by atoms with Crippen LogP contribution in [-0.2, 0) is 4.74 Å². The van der Waals surface area contributed by atoms with Gasteiger partial charge in [0, 0.05) is 48.1 Å². The maximum absolute atomic E-state index is 15.2. The standard InChI is InChI=1S/C36H38ClF4N7O5S/c1-35(2,3)53-33(49)45-32-43-27-20(7-8-23(39)28(27)54-32)24-21(29(40)41)11-22-26(25(24)37)42-31(52-16-36-9-4-10-47(36)13-17(38)12-36)44-30(22)46-14-18-5-6-19(15-46)48(18)34(50)51/h7-8,11,17-19,29H,4-6,9-10,12-16H2,1-3H3,(H,50,51)(H,43,45,49)/t17-,18-,19+,36+/m1/s1. The molecule has 8 rings (SSSR count). The molecule has 54 heavy (non-hydrogen) atoms. The molecular weight excluding hydrogens is 754 g/mol. The molecule has 4 atom stereocenters. The molecule has 2 aromatic heterocycles. The number of aromatic nitrogens is 3. The predicted octanol–water partition coefficient (Wildman–Crippen LogP) is 8.27. The first-order valence-corrected chi connectivity index (χ1v) is 19.0. The monoisotopic (exact) mass is 791 g/mol. The quantitative estimate of drug-likeness (QED) is 0.176. The highest BCUT2D eigenvalue weighted by Gasteiger charge is 2.50. The SMILES string of the molecule is CC(C)(C)OC(=O)Nc1nc2c(-c3c(C(F)F)cc4c(N5C[C@H]6CC[C@@H](C5)N6C(=O)O)nc(OC[C@@]56CCCN5C[C@H](F)C6)nc4c3Cl)ccc(F)c2s1. The first-order valence-electron chi connectivity index (χ1n) is 17.8. The highest BCUT2D eigenvalue weighted by atomic mass is 35.5. The molecule has 4 aliphatic heterocycles. The van der Waals surface area contributed by atoms with Crippen molar-refractivity contribution in [3.8, 4) is 17.1 Å². The van der Waals surface area contributed by atoms with Crippen LogP contribution in [0.1, 0.15) is 64.9 Å². The van der Waals surface area contributed by atoms with Gasteiger partial charge in [-0.25, -0.2) is 32.1 Å². The summed E-state index contributed by atoms with van der Waals surface area (Å²) in [6.45, 7) is 6.70. The molecular formula is C36H38ClF4N7O5S. The summed E-state index contributed by atoms with van der Waals surface area (Å²) in [6.07, 6.45) is -2.71. The molecule has 0 radical (unpaired) electrons. The highest BCUT2D eigenvalue weighted by Crippen LogP contribution is 2.48. The van der Waals surface area contributed by atoms with Crippen LogP contribution in [0.5, 0.6) is 6.01 Å². The maximum Gasteiger partial charge on any atom is 0.413 e. The minimum absolute atomic E-state index is 0.00258. The molecule has 12 nitrogen and oxygen atoms in total. The Bertz CT molecular complexity index is 2160. The van der Waals surface area contributed by atoms with Crippen LogP contribution in [0.25, 0.3) is 32.2 Å². The number of hydrogen-bond donors (Lipinski definition) is 2. The van der Waals surface area contributed by atoms with Crippen LogP contribution >= 0.6 is 22.9 Å². The number of carbonyl (C=O) groups is 2. The van der Waals surface area contributed by atoms with Gasteiger partial charge in [-0.05, 0) is 71.2 Å². The van der Waals surface area contributed by atoms with Crippen molar-refractivity contribution in [2.75, 3.05) is 43.0 Å². The van der Waals surface area contributed by atoms with Crippen LogP contribution in [-0.4, -0.2) is 104 Å². The van der Waals surface area contributed by atoms with Crippen LogP contribution in [0, 0.1) is 5.82 Å². The van der Waals surface area contributed by atoms with E-state index in [-0.39, 0.29) is 86.0 Å². The van der Waals surface area contributed by atoms with Crippen LogP contribution in [0.2, 0.25) is 5.02 Å². The van der Waals surface area contributed by atoms with Gasteiger partial charge in [0.25, 0.3) is 6.43 Å². The smallest absolute Gasteiger partial charge is 0.413 e. The van der Waals surface area contributed by atoms with Gasteiger partial charge in [-0.3, -0.25) is 15.1 Å². The normalized spacial score (nSPS) is 24.2. The number of amides is 2. The molecule has 2 amide bonds. The Kier molecular flexibility index (Phi) is 9.19. The molecule has 6 heterocycles. The summed E-state index contributed by atoms with van der Waals surface area (Å²) in [4.78, 5) is 43.8. The first kappa shape index (κ1) is 36.7. The van der Waals surface area contributed by atoms with Crippen molar-refractivity contribution >= 4 is 67.2 Å². The van der Waals surface area contributed by atoms with Crippen LogP contribution in [0.4, 0.5) is 38.1 Å². The molecule has 0 spiro atoms. The average molecular weight is 792 g/mol. The van der Waals surface area contributed by atoms with Gasteiger partial charge in [-0.2, -0.15) is 9.97 Å². The average Bonchev–Trinajstić information content (AvgIpc) is 3.83. The maximum atomic E-state index is 15.2. The molecule has 2 aromatic carbocycles. The number of carboxylic acid groups (broad SMARTS) is 1. The second-order valence-electron chi connectivity index (χ2n) is 15.4. The number of rotatable bonds is 7. The summed E-state index contributed by atoms with van der Waals surface area (Å²) >= 11 is 7.94. The van der Waals surface area contributed by atoms with Crippen molar-refractivity contribution in [2.24, 2.45) is 0 Å². The van der Waals surface area contributed by atoms with Crippen molar-refractivity contribution in [1.29, 1.82) is 0 Å². The third kappa shape index (κ3) is 6.51. The number of thiazole rings is 1. The lowest BCUT2D eigenvalue weighted by atomic mass is 9.95. The van der Waals surface area contributed by atoms with Gasteiger partial charge >= 0.3 is 18.2 Å². The van der Waals surface area contributed by atoms with Crippen molar-refractivity contribution in [3.63, 3.8) is 0 Å². The van der Waals surface area contributed by atoms with E-state index in [0.29, 0.717) is 25.8 Å². The van der Waals surface area contributed by atoms with Crippen LogP contribution in [0.15, 0.2) is 18.2 Å². The van der Waals surface area contributed by atoms with Gasteiger partial charge in [0.1, 0.15) is 30.0 Å². The van der Waals surface area contributed by atoms with Gasteiger partial charge in [0.15, 0.2) is 5.13 Å². The molecule has 2 bridgehead atoms. The predicted molar refractivity (Wildman–Crippen MR) is 195 cm³/mol. The van der Waals surface area contributed by atoms with Gasteiger partial charge in [0.2, 0.25) is 0 Å². The van der Waals surface area contributed by atoms with E-state index >= 15 is 13.2 Å². The number of nitrogens with zero attached hydrogens (tertiary/aromatic N) is 6. The molecule has 0 saturated carbocycles. The Balaban J connectivity index is 1.26. The number of halogens is 5. The highest BCUT2D eigenvalue weighted by molar-refractivity contribution is 7.22. The van der Waals surface area contributed by atoms with E-state index in [1.165, 1.54) is 17.0 Å². The summed E-state index contributed by atoms with van der Waals surface area (Å²) in [5.74, 6) is -0.429. The topological polar surface area (TPSA) is 133 Å². The van der Waals surface area contributed by atoms with Crippen molar-refractivity contribution in [2.45, 2.75) is 88.7 Å². The number of fused-ring (bicyclic) bond motifs is 5. The van der Waals surface area contributed by atoms with E-state index in [9.17, 15) is 19.1 Å². The second kappa shape index (κ2) is 13.5. The summed E-state index contributed by atoms with van der Waals surface area (Å²) in [6, 6.07) is 2.91. The lowest BCUT2D eigenvalue weighted by molar-refractivity contribution is 0.0635. The molecule has 0 unspecified atom stereocenters.